The fourth-order valence-electron chi connectivity index (χ4n) is 4.16. The molecule has 0 aliphatic carbocycles. The first-order valence-corrected chi connectivity index (χ1v) is 11.1. The molecule has 2 aliphatic heterocycles. The van der Waals surface area contributed by atoms with Crippen molar-refractivity contribution < 1.29 is 28.7 Å². The number of nitrogens with one attached hydrogen (secondary N) is 2. The maximum absolute atomic E-state index is 13.1. The standard InChI is InChI=1S/C23H32N4O6/c1-23(17-5-7-18(33-3)8-6-17)21(30)27(22(31)25-23)15-19(28)26-12-9-16(10-13-26)20(29)24-11-4-14-32-2/h5-8,16H,4,9-15H2,1-3H3,(H,24,29)(H,25,31). The molecule has 1 atom stereocenters. The number of carbonyl (C=O) groups excluding carboxylic acids is 4. The molecule has 0 bridgehead atoms. The second-order valence-electron chi connectivity index (χ2n) is 8.47. The highest BCUT2D eigenvalue weighted by Gasteiger charge is 2.49. The van der Waals surface area contributed by atoms with E-state index in [9.17, 15) is 19.2 Å². The summed E-state index contributed by atoms with van der Waals surface area (Å²) in [4.78, 5) is 53.3. The van der Waals surface area contributed by atoms with Crippen LogP contribution in [0.5, 0.6) is 5.75 Å². The lowest BCUT2D eigenvalue weighted by atomic mass is 9.92. The lowest BCUT2D eigenvalue weighted by molar-refractivity contribution is -0.140. The fraction of sp³-hybridized carbons (Fsp3) is 0.565. The van der Waals surface area contributed by atoms with Crippen LogP contribution in [0.3, 0.4) is 0 Å². The van der Waals surface area contributed by atoms with E-state index in [1.807, 2.05) is 0 Å². The van der Waals surface area contributed by atoms with Gasteiger partial charge in [-0.2, -0.15) is 0 Å². The molecular weight excluding hydrogens is 428 g/mol. The molecule has 5 amide bonds. The number of ether oxygens (including phenoxy) is 2. The van der Waals surface area contributed by atoms with Crippen molar-refractivity contribution in [3.8, 4) is 5.75 Å². The average molecular weight is 461 g/mol. The minimum atomic E-state index is -1.25. The van der Waals surface area contributed by atoms with E-state index < -0.39 is 17.5 Å². The Hall–Kier alpha value is -3.14. The van der Waals surface area contributed by atoms with Gasteiger partial charge in [-0.3, -0.25) is 19.3 Å². The van der Waals surface area contributed by atoms with Crippen molar-refractivity contribution in [1.29, 1.82) is 0 Å². The molecule has 1 aromatic rings. The highest BCUT2D eigenvalue weighted by atomic mass is 16.5. The van der Waals surface area contributed by atoms with Gasteiger partial charge < -0.3 is 25.0 Å². The Kier molecular flexibility index (Phi) is 7.91. The molecule has 0 saturated carbocycles. The molecule has 0 radical (unpaired) electrons. The van der Waals surface area contributed by atoms with Crippen molar-refractivity contribution in [2.75, 3.05) is 47.0 Å². The van der Waals surface area contributed by atoms with Gasteiger partial charge in [-0.15, -0.1) is 0 Å². The Labute approximate surface area is 193 Å². The molecule has 2 fully saturated rings. The molecule has 33 heavy (non-hydrogen) atoms. The van der Waals surface area contributed by atoms with Gasteiger partial charge in [0.25, 0.3) is 5.91 Å². The van der Waals surface area contributed by atoms with Gasteiger partial charge in [-0.05, 0) is 43.9 Å². The van der Waals surface area contributed by atoms with Crippen molar-refractivity contribution in [2.45, 2.75) is 31.7 Å². The summed E-state index contributed by atoms with van der Waals surface area (Å²) in [6.07, 6.45) is 1.85. The van der Waals surface area contributed by atoms with Gasteiger partial charge in [-0.1, -0.05) is 12.1 Å². The van der Waals surface area contributed by atoms with Crippen molar-refractivity contribution in [3.63, 3.8) is 0 Å². The number of benzene rings is 1. The monoisotopic (exact) mass is 460 g/mol. The maximum Gasteiger partial charge on any atom is 0.325 e. The number of rotatable bonds is 9. The average Bonchev–Trinajstić information content (AvgIpc) is 3.05. The van der Waals surface area contributed by atoms with Crippen LogP contribution in [0.25, 0.3) is 0 Å². The molecule has 3 rings (SSSR count). The van der Waals surface area contributed by atoms with Crippen LogP contribution in [0.15, 0.2) is 24.3 Å². The van der Waals surface area contributed by atoms with Crippen LogP contribution < -0.4 is 15.4 Å². The normalized spacial score (nSPS) is 21.2. The Morgan fingerprint density at radius 2 is 1.82 bits per heavy atom. The van der Waals surface area contributed by atoms with Crippen LogP contribution in [-0.2, 0) is 24.7 Å². The van der Waals surface area contributed by atoms with Gasteiger partial charge in [0.15, 0.2) is 0 Å². The lowest BCUT2D eigenvalue weighted by Crippen LogP contribution is -2.48. The first-order chi connectivity index (χ1) is 15.8. The summed E-state index contributed by atoms with van der Waals surface area (Å²) in [6.45, 7) is 3.27. The highest BCUT2D eigenvalue weighted by molar-refractivity contribution is 6.09. The molecule has 2 saturated heterocycles. The van der Waals surface area contributed by atoms with Crippen molar-refractivity contribution in [3.05, 3.63) is 29.8 Å². The van der Waals surface area contributed by atoms with E-state index in [4.69, 9.17) is 9.47 Å². The number of imide groups is 1. The molecule has 180 valence electrons. The number of nitrogens with zero attached hydrogens (tertiary/aromatic N) is 2. The van der Waals surface area contributed by atoms with Gasteiger partial charge in [0.2, 0.25) is 11.8 Å². The Morgan fingerprint density at radius 1 is 1.15 bits per heavy atom. The molecule has 0 aromatic heterocycles. The fourth-order valence-corrected chi connectivity index (χ4v) is 4.16. The van der Waals surface area contributed by atoms with Crippen LogP contribution in [-0.4, -0.2) is 80.6 Å². The number of amides is 5. The van der Waals surface area contributed by atoms with E-state index in [-0.39, 0.29) is 24.3 Å². The summed E-state index contributed by atoms with van der Waals surface area (Å²) < 4.78 is 10.1. The molecule has 2 N–H and O–H groups in total. The second-order valence-corrected chi connectivity index (χ2v) is 8.47. The van der Waals surface area contributed by atoms with Crippen LogP contribution in [0.4, 0.5) is 4.79 Å². The molecule has 2 heterocycles. The van der Waals surface area contributed by atoms with Crippen LogP contribution in [0.2, 0.25) is 0 Å². The van der Waals surface area contributed by atoms with Crippen LogP contribution in [0, 0.1) is 5.92 Å². The van der Waals surface area contributed by atoms with Crippen molar-refractivity contribution in [2.24, 2.45) is 5.92 Å². The summed E-state index contributed by atoms with van der Waals surface area (Å²) in [6, 6.07) is 6.26. The smallest absolute Gasteiger partial charge is 0.325 e. The van der Waals surface area contributed by atoms with Crippen LogP contribution in [0.1, 0.15) is 31.7 Å². The lowest BCUT2D eigenvalue weighted by Gasteiger charge is -2.32. The van der Waals surface area contributed by atoms with Gasteiger partial charge in [0.05, 0.1) is 7.11 Å². The quantitative estimate of drug-likeness (QED) is 0.417. The van der Waals surface area contributed by atoms with E-state index in [1.54, 1.807) is 50.3 Å². The summed E-state index contributed by atoms with van der Waals surface area (Å²) in [5, 5.41) is 5.60. The van der Waals surface area contributed by atoms with Gasteiger partial charge in [0, 0.05) is 39.3 Å². The molecule has 0 spiro atoms. The van der Waals surface area contributed by atoms with E-state index in [1.165, 1.54) is 0 Å². The number of likely N-dealkylation sites (tertiary alicyclic amines) is 1. The number of methoxy groups -OCH3 is 2. The molecule has 10 heteroatoms. The van der Waals surface area contributed by atoms with Crippen molar-refractivity contribution in [1.82, 2.24) is 20.4 Å². The SMILES string of the molecule is COCCCNC(=O)C1CCN(C(=O)CN2C(=O)NC(C)(c3ccc(OC)cc3)C2=O)CC1. The molecule has 1 aromatic carbocycles. The zero-order valence-corrected chi connectivity index (χ0v) is 19.4. The molecular formula is C23H32N4O6. The second kappa shape index (κ2) is 10.7. The third-order valence-corrected chi connectivity index (χ3v) is 6.28. The van der Waals surface area contributed by atoms with Gasteiger partial charge in [-0.25, -0.2) is 4.79 Å². The van der Waals surface area contributed by atoms with E-state index in [0.717, 1.165) is 11.3 Å². The number of carbonyl (C=O) groups is 4. The first-order valence-electron chi connectivity index (χ1n) is 11.1. The van der Waals surface area contributed by atoms with Crippen LogP contribution >= 0.6 is 0 Å². The summed E-state index contributed by atoms with van der Waals surface area (Å²) in [5.41, 5.74) is -0.647. The van der Waals surface area contributed by atoms with Crippen molar-refractivity contribution >= 4 is 23.8 Å². The maximum atomic E-state index is 13.1. The highest BCUT2D eigenvalue weighted by Crippen LogP contribution is 2.30. The summed E-state index contributed by atoms with van der Waals surface area (Å²) in [7, 11) is 3.16. The largest absolute Gasteiger partial charge is 0.497 e. The topological polar surface area (TPSA) is 117 Å². The zero-order valence-electron chi connectivity index (χ0n) is 19.4. The molecule has 10 nitrogen and oxygen atoms in total. The zero-order chi connectivity index (χ0) is 24.0. The number of piperidine rings is 1. The third kappa shape index (κ3) is 5.44. The molecule has 1 unspecified atom stereocenters. The van der Waals surface area contributed by atoms with E-state index in [2.05, 4.69) is 10.6 Å². The first kappa shape index (κ1) is 24.5. The van der Waals surface area contributed by atoms with E-state index >= 15 is 0 Å². The predicted molar refractivity (Wildman–Crippen MR) is 119 cm³/mol. The number of hydrogen-bond acceptors (Lipinski definition) is 6. The Bertz CT molecular complexity index is 881. The minimum absolute atomic E-state index is 0.0115. The number of hydrogen-bond donors (Lipinski definition) is 2. The summed E-state index contributed by atoms with van der Waals surface area (Å²) in [5.74, 6) is -0.305. The molecule has 2 aliphatic rings. The third-order valence-electron chi connectivity index (χ3n) is 6.28. The number of urea groups is 1. The van der Waals surface area contributed by atoms with Gasteiger partial charge >= 0.3 is 6.03 Å². The Morgan fingerprint density at radius 3 is 2.42 bits per heavy atom. The Balaban J connectivity index is 1.53. The van der Waals surface area contributed by atoms with Gasteiger partial charge in [0.1, 0.15) is 17.8 Å². The minimum Gasteiger partial charge on any atom is -0.497 e. The predicted octanol–water partition coefficient (Wildman–Crippen LogP) is 0.854. The summed E-state index contributed by atoms with van der Waals surface area (Å²) >= 11 is 0. The van der Waals surface area contributed by atoms with E-state index in [0.29, 0.717) is 50.4 Å².